The van der Waals surface area contributed by atoms with E-state index in [9.17, 15) is 5.11 Å². The van der Waals surface area contributed by atoms with Crippen LogP contribution in [0.5, 0.6) is 5.75 Å². The highest BCUT2D eigenvalue weighted by Crippen LogP contribution is 2.28. The predicted octanol–water partition coefficient (Wildman–Crippen LogP) is 5.29. The summed E-state index contributed by atoms with van der Waals surface area (Å²) in [5.74, 6) is 0.348. The number of hydrogen-bond donors (Lipinski definition) is 1. The lowest BCUT2D eigenvalue weighted by Gasteiger charge is -2.16. The number of phenols is 1. The molecule has 0 saturated heterocycles. The van der Waals surface area contributed by atoms with E-state index in [0.717, 1.165) is 11.1 Å². The molecule has 0 saturated carbocycles. The van der Waals surface area contributed by atoms with Crippen LogP contribution in [0.15, 0.2) is 83.9 Å². The molecule has 2 nitrogen and oxygen atoms in total. The molecule has 0 aliphatic rings. The normalized spacial score (nSPS) is 11.5. The largest absolute Gasteiger partial charge is 0.508 e. The van der Waals surface area contributed by atoms with Gasteiger partial charge in [-0.3, -0.25) is 0 Å². The van der Waals surface area contributed by atoms with Gasteiger partial charge in [0.25, 0.3) is 0 Å². The van der Waals surface area contributed by atoms with Crippen molar-refractivity contribution in [3.05, 3.63) is 90.0 Å². The molecular formula is C21H17NOS. The third kappa shape index (κ3) is 3.77. The Morgan fingerprint density at radius 2 is 1.33 bits per heavy atom. The van der Waals surface area contributed by atoms with E-state index in [-0.39, 0.29) is 11.7 Å². The topological polar surface area (TPSA) is 32.6 Å². The summed E-state index contributed by atoms with van der Waals surface area (Å²) in [5, 5.41) is 11.9. The van der Waals surface area contributed by atoms with Crippen molar-refractivity contribution >= 4 is 17.4 Å². The van der Waals surface area contributed by atoms with Gasteiger partial charge < -0.3 is 5.11 Å². The molecule has 0 aliphatic heterocycles. The molecule has 0 unspecified atom stereocenters. The van der Waals surface area contributed by atoms with Crippen LogP contribution >= 0.6 is 12.2 Å². The van der Waals surface area contributed by atoms with Crippen LogP contribution in [0.3, 0.4) is 0 Å². The Morgan fingerprint density at radius 3 is 1.92 bits per heavy atom. The SMILES string of the molecule is Oc1ccc([C@@H](CN=C=S)c2ccc(-c3ccccc3)cc2)cc1. The molecule has 0 fully saturated rings. The third-order valence-electron chi connectivity index (χ3n) is 4.05. The Balaban J connectivity index is 1.93. The van der Waals surface area contributed by atoms with Crippen molar-refractivity contribution in [2.75, 3.05) is 6.54 Å². The molecule has 0 amide bonds. The van der Waals surface area contributed by atoms with Gasteiger partial charge in [0, 0.05) is 5.92 Å². The van der Waals surface area contributed by atoms with Crippen LogP contribution in [0.1, 0.15) is 17.0 Å². The lowest BCUT2D eigenvalue weighted by Crippen LogP contribution is -2.04. The molecule has 1 atom stereocenters. The van der Waals surface area contributed by atoms with E-state index in [4.69, 9.17) is 12.2 Å². The molecule has 0 heterocycles. The second-order valence-corrected chi connectivity index (χ2v) is 5.75. The number of nitrogens with zero attached hydrogens (tertiary/aromatic N) is 1. The maximum Gasteiger partial charge on any atom is 0.115 e. The van der Waals surface area contributed by atoms with Gasteiger partial charge in [-0.15, -0.1) is 0 Å². The average Bonchev–Trinajstić information content (AvgIpc) is 2.65. The first kappa shape index (κ1) is 16.1. The highest BCUT2D eigenvalue weighted by atomic mass is 32.1. The van der Waals surface area contributed by atoms with E-state index < -0.39 is 0 Å². The first-order valence-corrected chi connectivity index (χ1v) is 8.16. The molecule has 0 aliphatic carbocycles. The smallest absolute Gasteiger partial charge is 0.115 e. The summed E-state index contributed by atoms with van der Waals surface area (Å²) in [6.45, 7) is 0.541. The molecular weight excluding hydrogens is 314 g/mol. The number of phenolic OH excluding ortho intramolecular Hbond substituents is 1. The van der Waals surface area contributed by atoms with Gasteiger partial charge in [-0.1, -0.05) is 66.7 Å². The van der Waals surface area contributed by atoms with Gasteiger partial charge in [0.15, 0.2) is 0 Å². The number of hydrogen-bond acceptors (Lipinski definition) is 3. The van der Waals surface area contributed by atoms with Crippen molar-refractivity contribution in [1.29, 1.82) is 0 Å². The van der Waals surface area contributed by atoms with Gasteiger partial charge >= 0.3 is 0 Å². The third-order valence-corrected chi connectivity index (χ3v) is 4.18. The van der Waals surface area contributed by atoms with Gasteiger partial charge in [-0.05, 0) is 46.6 Å². The molecule has 1 N–H and O–H groups in total. The van der Waals surface area contributed by atoms with Crippen LogP contribution < -0.4 is 0 Å². The van der Waals surface area contributed by atoms with E-state index in [2.05, 4.69) is 46.6 Å². The zero-order valence-electron chi connectivity index (χ0n) is 13.1. The van der Waals surface area contributed by atoms with Gasteiger partial charge in [0.1, 0.15) is 5.75 Å². The molecule has 0 radical (unpaired) electrons. The molecule has 3 aromatic rings. The van der Waals surface area contributed by atoms with Crippen LogP contribution in [-0.2, 0) is 0 Å². The summed E-state index contributed by atoms with van der Waals surface area (Å²) in [6, 6.07) is 26.0. The summed E-state index contributed by atoms with van der Waals surface area (Å²) < 4.78 is 0. The fourth-order valence-corrected chi connectivity index (χ4v) is 2.85. The second kappa shape index (κ2) is 7.69. The monoisotopic (exact) mass is 331 g/mol. The van der Waals surface area contributed by atoms with E-state index in [1.807, 2.05) is 30.3 Å². The van der Waals surface area contributed by atoms with Gasteiger partial charge in [-0.2, -0.15) is 0 Å². The van der Waals surface area contributed by atoms with Crippen molar-refractivity contribution in [2.45, 2.75) is 5.92 Å². The van der Waals surface area contributed by atoms with Gasteiger partial charge in [0.2, 0.25) is 0 Å². The molecule has 0 bridgehead atoms. The van der Waals surface area contributed by atoms with Crippen molar-refractivity contribution in [2.24, 2.45) is 4.99 Å². The van der Waals surface area contributed by atoms with Crippen LogP contribution in [0.25, 0.3) is 11.1 Å². The predicted molar refractivity (Wildman–Crippen MR) is 102 cm³/mol. The Kier molecular flexibility index (Phi) is 5.17. The number of rotatable bonds is 5. The maximum atomic E-state index is 9.50. The Bertz CT molecular complexity index is 835. The lowest BCUT2D eigenvalue weighted by atomic mass is 9.90. The quantitative estimate of drug-likeness (QED) is 0.509. The van der Waals surface area contributed by atoms with Crippen LogP contribution in [0.2, 0.25) is 0 Å². The molecule has 3 rings (SSSR count). The van der Waals surface area contributed by atoms with Crippen LogP contribution in [-0.4, -0.2) is 16.8 Å². The Hall–Kier alpha value is -2.74. The summed E-state index contributed by atoms with van der Waals surface area (Å²) in [6.07, 6.45) is 0. The molecule has 0 spiro atoms. The van der Waals surface area contributed by atoms with Gasteiger partial charge in [0.05, 0.1) is 11.7 Å². The number of isothiocyanates is 1. The van der Waals surface area contributed by atoms with Crippen molar-refractivity contribution in [1.82, 2.24) is 0 Å². The zero-order valence-corrected chi connectivity index (χ0v) is 13.9. The zero-order chi connectivity index (χ0) is 16.8. The minimum absolute atomic E-state index is 0.0888. The molecule has 24 heavy (non-hydrogen) atoms. The number of benzene rings is 3. The van der Waals surface area contributed by atoms with Crippen LogP contribution in [0, 0.1) is 0 Å². The molecule has 3 heteroatoms. The van der Waals surface area contributed by atoms with Crippen LogP contribution in [0.4, 0.5) is 0 Å². The number of aliphatic imine (C=N–C) groups is 1. The number of thiocarbonyl (C=S) groups is 1. The second-order valence-electron chi connectivity index (χ2n) is 5.56. The lowest BCUT2D eigenvalue weighted by molar-refractivity contribution is 0.475. The molecule has 0 aromatic heterocycles. The summed E-state index contributed by atoms with van der Waals surface area (Å²) in [5.41, 5.74) is 4.63. The fraction of sp³-hybridized carbons (Fsp3) is 0.0952. The summed E-state index contributed by atoms with van der Waals surface area (Å²) in [7, 11) is 0. The van der Waals surface area contributed by atoms with E-state index in [0.29, 0.717) is 6.54 Å². The standard InChI is InChI=1S/C21H17NOS/c23-20-12-10-19(11-13-20)21(14-22-15-24)18-8-6-17(7-9-18)16-4-2-1-3-5-16/h1-13,21,23H,14H2/t21-/m0/s1. The van der Waals surface area contributed by atoms with E-state index >= 15 is 0 Å². The Morgan fingerprint density at radius 1 is 0.792 bits per heavy atom. The van der Waals surface area contributed by atoms with Crippen molar-refractivity contribution in [3.8, 4) is 16.9 Å². The molecule has 3 aromatic carbocycles. The van der Waals surface area contributed by atoms with E-state index in [1.54, 1.807) is 12.1 Å². The van der Waals surface area contributed by atoms with Gasteiger partial charge in [-0.25, -0.2) is 4.99 Å². The first-order valence-electron chi connectivity index (χ1n) is 7.76. The fourth-order valence-electron chi connectivity index (χ4n) is 2.78. The van der Waals surface area contributed by atoms with Crippen molar-refractivity contribution < 1.29 is 5.11 Å². The minimum Gasteiger partial charge on any atom is -0.508 e. The Labute approximate surface area is 147 Å². The molecule has 118 valence electrons. The first-order chi connectivity index (χ1) is 11.8. The highest BCUT2D eigenvalue weighted by molar-refractivity contribution is 7.78. The van der Waals surface area contributed by atoms with E-state index in [1.165, 1.54) is 11.1 Å². The highest BCUT2D eigenvalue weighted by Gasteiger charge is 2.14. The minimum atomic E-state index is 0.0888. The maximum absolute atomic E-state index is 9.50. The summed E-state index contributed by atoms with van der Waals surface area (Å²) in [4.78, 5) is 4.13. The number of aromatic hydroxyl groups is 1. The average molecular weight is 331 g/mol. The van der Waals surface area contributed by atoms with Crippen molar-refractivity contribution in [3.63, 3.8) is 0 Å². The summed E-state index contributed by atoms with van der Waals surface area (Å²) >= 11 is 4.72.